The smallest absolute Gasteiger partial charge is 0.122 e. The predicted octanol–water partition coefficient (Wildman–Crippen LogP) is 3.77. The molecule has 1 fully saturated rings. The van der Waals surface area contributed by atoms with E-state index in [9.17, 15) is 5.11 Å². The number of benzene rings is 1. The molecular weight excluding hydrogens is 240 g/mol. The SMILES string of the molecule is COc1cc([C@@H](C)CC[C@H]2OC2(C)C)c(O)cc1C. The van der Waals surface area contributed by atoms with Gasteiger partial charge in [-0.25, -0.2) is 0 Å². The van der Waals surface area contributed by atoms with Gasteiger partial charge >= 0.3 is 0 Å². The highest BCUT2D eigenvalue weighted by atomic mass is 16.6. The second-order valence-corrected chi connectivity index (χ2v) is 6.07. The summed E-state index contributed by atoms with van der Waals surface area (Å²) in [6.45, 7) is 8.32. The molecular formula is C16H24O3. The van der Waals surface area contributed by atoms with Crippen molar-refractivity contribution in [3.8, 4) is 11.5 Å². The number of aryl methyl sites for hydroxylation is 1. The summed E-state index contributed by atoms with van der Waals surface area (Å²) in [4.78, 5) is 0. The van der Waals surface area contributed by atoms with Crippen LogP contribution in [0, 0.1) is 6.92 Å². The maximum atomic E-state index is 10.1. The number of phenolic OH excluding ortho intramolecular Hbond substituents is 1. The number of phenols is 1. The summed E-state index contributed by atoms with van der Waals surface area (Å²) >= 11 is 0. The molecule has 0 aromatic heterocycles. The molecule has 3 heteroatoms. The summed E-state index contributed by atoms with van der Waals surface area (Å²) in [5.74, 6) is 1.50. The molecule has 0 aliphatic carbocycles. The second-order valence-electron chi connectivity index (χ2n) is 6.07. The topological polar surface area (TPSA) is 42.0 Å². The minimum atomic E-state index is 0.0483. The summed E-state index contributed by atoms with van der Waals surface area (Å²) in [5.41, 5.74) is 1.97. The minimum Gasteiger partial charge on any atom is -0.508 e. The van der Waals surface area contributed by atoms with Crippen LogP contribution in [0.2, 0.25) is 0 Å². The van der Waals surface area contributed by atoms with E-state index in [0.29, 0.717) is 17.8 Å². The number of methoxy groups -OCH3 is 1. The van der Waals surface area contributed by atoms with Gasteiger partial charge in [-0.1, -0.05) is 6.92 Å². The number of ether oxygens (including phenoxy) is 2. The molecule has 0 radical (unpaired) electrons. The molecule has 1 heterocycles. The minimum absolute atomic E-state index is 0.0483. The Bertz CT molecular complexity index is 465. The lowest BCUT2D eigenvalue weighted by molar-refractivity contribution is 0.317. The second kappa shape index (κ2) is 5.04. The first-order valence-electron chi connectivity index (χ1n) is 6.90. The van der Waals surface area contributed by atoms with E-state index >= 15 is 0 Å². The van der Waals surface area contributed by atoms with Crippen molar-refractivity contribution < 1.29 is 14.6 Å². The Labute approximate surface area is 115 Å². The summed E-state index contributed by atoms with van der Waals surface area (Å²) < 4.78 is 10.9. The van der Waals surface area contributed by atoms with Crippen LogP contribution in [-0.4, -0.2) is 23.9 Å². The van der Waals surface area contributed by atoms with E-state index in [2.05, 4.69) is 20.8 Å². The van der Waals surface area contributed by atoms with Gasteiger partial charge in [0, 0.05) is 5.56 Å². The lowest BCUT2D eigenvalue weighted by atomic mass is 9.92. The summed E-state index contributed by atoms with van der Waals surface area (Å²) in [6.07, 6.45) is 2.40. The van der Waals surface area contributed by atoms with Crippen molar-refractivity contribution in [2.45, 2.75) is 58.2 Å². The third-order valence-electron chi connectivity index (χ3n) is 4.10. The average Bonchev–Trinajstić information content (AvgIpc) is 2.94. The third-order valence-corrected chi connectivity index (χ3v) is 4.10. The molecule has 0 unspecified atom stereocenters. The van der Waals surface area contributed by atoms with Gasteiger partial charge in [0.05, 0.1) is 18.8 Å². The molecule has 0 bridgehead atoms. The molecule has 3 nitrogen and oxygen atoms in total. The zero-order valence-corrected chi connectivity index (χ0v) is 12.5. The van der Waals surface area contributed by atoms with Crippen LogP contribution >= 0.6 is 0 Å². The van der Waals surface area contributed by atoms with Crippen molar-refractivity contribution >= 4 is 0 Å². The van der Waals surface area contributed by atoms with Gasteiger partial charge < -0.3 is 14.6 Å². The normalized spacial score (nSPS) is 22.1. The Morgan fingerprint density at radius 3 is 2.58 bits per heavy atom. The number of rotatable bonds is 5. The largest absolute Gasteiger partial charge is 0.508 e. The molecule has 1 aromatic rings. The Hall–Kier alpha value is -1.22. The van der Waals surface area contributed by atoms with Crippen LogP contribution in [0.25, 0.3) is 0 Å². The van der Waals surface area contributed by atoms with Crippen LogP contribution < -0.4 is 4.74 Å². The van der Waals surface area contributed by atoms with Gasteiger partial charge in [-0.15, -0.1) is 0 Å². The van der Waals surface area contributed by atoms with Gasteiger partial charge in [0.2, 0.25) is 0 Å². The Kier molecular flexibility index (Phi) is 3.77. The molecule has 2 atom stereocenters. The lowest BCUT2D eigenvalue weighted by Gasteiger charge is -2.16. The van der Waals surface area contributed by atoms with Crippen molar-refractivity contribution in [2.24, 2.45) is 0 Å². The zero-order chi connectivity index (χ0) is 14.2. The molecule has 1 aliphatic heterocycles. The molecule has 0 saturated carbocycles. The van der Waals surface area contributed by atoms with Crippen molar-refractivity contribution in [3.05, 3.63) is 23.3 Å². The highest BCUT2D eigenvalue weighted by Crippen LogP contribution is 2.41. The summed E-state index contributed by atoms with van der Waals surface area (Å²) in [6, 6.07) is 3.73. The van der Waals surface area contributed by atoms with E-state index in [0.717, 1.165) is 29.7 Å². The van der Waals surface area contributed by atoms with E-state index < -0.39 is 0 Å². The van der Waals surface area contributed by atoms with Gasteiger partial charge in [0.15, 0.2) is 0 Å². The van der Waals surface area contributed by atoms with Gasteiger partial charge in [-0.05, 0) is 57.2 Å². The maximum absolute atomic E-state index is 10.1. The van der Waals surface area contributed by atoms with Crippen LogP contribution in [0.5, 0.6) is 11.5 Å². The van der Waals surface area contributed by atoms with E-state index in [4.69, 9.17) is 9.47 Å². The predicted molar refractivity (Wildman–Crippen MR) is 76.0 cm³/mol. The van der Waals surface area contributed by atoms with Crippen LogP contribution in [0.1, 0.15) is 50.7 Å². The van der Waals surface area contributed by atoms with Crippen LogP contribution in [0.15, 0.2) is 12.1 Å². The molecule has 19 heavy (non-hydrogen) atoms. The first kappa shape index (κ1) is 14.2. The van der Waals surface area contributed by atoms with Gasteiger partial charge in [-0.3, -0.25) is 0 Å². The molecule has 2 rings (SSSR count). The fourth-order valence-electron chi connectivity index (χ4n) is 2.60. The molecule has 1 aromatic carbocycles. The Balaban J connectivity index is 2.04. The van der Waals surface area contributed by atoms with E-state index in [1.54, 1.807) is 13.2 Å². The Morgan fingerprint density at radius 2 is 2.05 bits per heavy atom. The van der Waals surface area contributed by atoms with Crippen molar-refractivity contribution in [3.63, 3.8) is 0 Å². The highest BCUT2D eigenvalue weighted by Gasteiger charge is 2.47. The third kappa shape index (κ3) is 3.03. The van der Waals surface area contributed by atoms with Crippen LogP contribution in [-0.2, 0) is 4.74 Å². The lowest BCUT2D eigenvalue weighted by Crippen LogP contribution is -2.05. The molecule has 1 N–H and O–H groups in total. The maximum Gasteiger partial charge on any atom is 0.122 e. The van der Waals surface area contributed by atoms with Gasteiger partial charge in [0.25, 0.3) is 0 Å². The average molecular weight is 264 g/mol. The van der Waals surface area contributed by atoms with Crippen LogP contribution in [0.3, 0.4) is 0 Å². The molecule has 1 saturated heterocycles. The van der Waals surface area contributed by atoms with E-state index in [1.807, 2.05) is 13.0 Å². The molecule has 106 valence electrons. The van der Waals surface area contributed by atoms with Crippen molar-refractivity contribution in [1.82, 2.24) is 0 Å². The van der Waals surface area contributed by atoms with Crippen molar-refractivity contribution in [2.75, 3.05) is 7.11 Å². The first-order chi connectivity index (χ1) is 8.85. The molecule has 0 spiro atoms. The number of epoxide rings is 1. The van der Waals surface area contributed by atoms with Gasteiger partial charge in [0.1, 0.15) is 11.5 Å². The monoisotopic (exact) mass is 264 g/mol. The quantitative estimate of drug-likeness (QED) is 0.823. The zero-order valence-electron chi connectivity index (χ0n) is 12.5. The number of hydrogen-bond acceptors (Lipinski definition) is 3. The van der Waals surface area contributed by atoms with E-state index in [-0.39, 0.29) is 5.60 Å². The number of aromatic hydroxyl groups is 1. The Morgan fingerprint density at radius 1 is 1.42 bits per heavy atom. The van der Waals surface area contributed by atoms with Crippen molar-refractivity contribution in [1.29, 1.82) is 0 Å². The van der Waals surface area contributed by atoms with Crippen LogP contribution in [0.4, 0.5) is 0 Å². The number of hydrogen-bond donors (Lipinski definition) is 1. The fourth-order valence-corrected chi connectivity index (χ4v) is 2.60. The highest BCUT2D eigenvalue weighted by molar-refractivity contribution is 5.46. The fraction of sp³-hybridized carbons (Fsp3) is 0.625. The molecule has 1 aliphatic rings. The summed E-state index contributed by atoms with van der Waals surface area (Å²) in [7, 11) is 1.66. The van der Waals surface area contributed by atoms with E-state index in [1.165, 1.54) is 0 Å². The summed E-state index contributed by atoms with van der Waals surface area (Å²) in [5, 5.41) is 10.1. The van der Waals surface area contributed by atoms with Gasteiger partial charge in [-0.2, -0.15) is 0 Å². The molecule has 0 amide bonds. The first-order valence-corrected chi connectivity index (χ1v) is 6.90. The standard InChI is InChI=1S/C16H24O3/c1-10(6-7-15-16(3,4)19-15)12-9-14(18-5)11(2)8-13(12)17/h8-10,15,17H,6-7H2,1-5H3/t10-,15+/m0/s1.